The first-order valence-corrected chi connectivity index (χ1v) is 17.0. The normalized spacial score (nSPS) is 17.0. The number of nitrogens with zero attached hydrogens (tertiary/aromatic N) is 6. The van der Waals surface area contributed by atoms with Crippen molar-refractivity contribution in [1.82, 2.24) is 0 Å². The van der Waals surface area contributed by atoms with Crippen LogP contribution in [0.1, 0.15) is 47.2 Å². The van der Waals surface area contributed by atoms with Crippen molar-refractivity contribution in [3.63, 3.8) is 0 Å². The van der Waals surface area contributed by atoms with Gasteiger partial charge in [0, 0.05) is 73.0 Å². The van der Waals surface area contributed by atoms with E-state index in [-0.39, 0.29) is 5.78 Å². The number of fused-ring (bicyclic) bond motifs is 21. The smallest absolute Gasteiger partial charge is 0.126 e. The minimum absolute atomic E-state index is 0.167. The second-order valence-corrected chi connectivity index (χ2v) is 14.0. The number of ketones is 1. The molecule has 0 atom stereocenters. The highest BCUT2D eigenvalue weighted by Gasteiger charge is 2.44. The highest BCUT2D eigenvalue weighted by atomic mass is 16.5. The third-order valence-electron chi connectivity index (χ3n) is 10.7. The van der Waals surface area contributed by atoms with Crippen molar-refractivity contribution in [2.75, 3.05) is 70.7 Å². The summed E-state index contributed by atoms with van der Waals surface area (Å²) in [4.78, 5) is 25.0. The van der Waals surface area contributed by atoms with Crippen LogP contribution >= 0.6 is 0 Å². The third kappa shape index (κ3) is 4.64. The molecule has 0 aromatic heterocycles. The molecule has 0 unspecified atom stereocenters. The number of Topliss-reactive ketones (excluding diaryl/α,β-unsaturated/α-hetero) is 1. The molecule has 6 aliphatic heterocycles. The Hall–Kier alpha value is -5.25. The number of carbonyl (C=O) groups is 1. The number of hydrogen-bond acceptors (Lipinski definition) is 10. The molecule has 10 rings (SSSR count). The molecule has 4 aromatic rings. The Balaban J connectivity index is 0.000000773. The van der Waals surface area contributed by atoms with E-state index in [1.54, 1.807) is 21.3 Å². The second-order valence-electron chi connectivity index (χ2n) is 14.0. The standard InChI is InChI=1S/C36H36N6O3.C3H6O/c1-43-25-4-7-31-22(10-25)13-40-19-37(31)16-28-34(40)29-17-38-20-42(15-24-12-26(44-2)5-8-32(24)38)36(29)30-18-39-21-41(35(28)30)14-23-11-27(45-3)6-9-33(23)39;1-3(2)4/h4-12H,13-21H2,1-3H3;1-2H3. The predicted octanol–water partition coefficient (Wildman–Crippen LogP) is 6.20. The van der Waals surface area contributed by atoms with Gasteiger partial charge in [-0.15, -0.1) is 0 Å². The van der Waals surface area contributed by atoms with Crippen LogP contribution < -0.4 is 43.6 Å². The molecule has 0 fully saturated rings. The summed E-state index contributed by atoms with van der Waals surface area (Å²) >= 11 is 0. The van der Waals surface area contributed by atoms with Gasteiger partial charge in [-0.05, 0) is 85.1 Å². The first-order valence-electron chi connectivity index (χ1n) is 17.0. The summed E-state index contributed by atoms with van der Waals surface area (Å²) in [5.41, 5.74) is 16.7. The first-order chi connectivity index (χ1) is 23.8. The number of ether oxygens (including phenoxy) is 3. The summed E-state index contributed by atoms with van der Waals surface area (Å²) in [6, 6.07) is 19.7. The van der Waals surface area contributed by atoms with Crippen LogP contribution in [-0.2, 0) is 44.1 Å². The molecule has 0 radical (unpaired) electrons. The number of anilines is 6. The highest BCUT2D eigenvalue weighted by molar-refractivity contribution is 5.91. The third-order valence-corrected chi connectivity index (χ3v) is 10.7. The van der Waals surface area contributed by atoms with Gasteiger partial charge >= 0.3 is 0 Å². The predicted molar refractivity (Wildman–Crippen MR) is 193 cm³/mol. The summed E-state index contributed by atoms with van der Waals surface area (Å²) in [5.74, 6) is 2.93. The van der Waals surface area contributed by atoms with E-state index in [4.69, 9.17) is 14.2 Å². The molecule has 4 aromatic carbocycles. The van der Waals surface area contributed by atoms with Crippen LogP contribution in [0.25, 0.3) is 0 Å². The molecule has 252 valence electrons. The van der Waals surface area contributed by atoms with Crippen molar-refractivity contribution < 1.29 is 19.0 Å². The summed E-state index contributed by atoms with van der Waals surface area (Å²) in [6.45, 7) is 11.1. The Bertz CT molecular complexity index is 1790. The number of carbonyl (C=O) groups excluding carboxylic acids is 1. The van der Waals surface area contributed by atoms with Gasteiger partial charge in [0.2, 0.25) is 0 Å². The van der Waals surface area contributed by atoms with E-state index >= 15 is 0 Å². The zero-order chi connectivity index (χ0) is 33.6. The first kappa shape index (κ1) is 29.9. The second kappa shape index (κ2) is 11.1. The molecule has 6 heterocycles. The van der Waals surface area contributed by atoms with Gasteiger partial charge in [-0.1, -0.05) is 0 Å². The number of hydrogen-bond donors (Lipinski definition) is 0. The SMILES string of the molecule is CC(C)=O.COc1ccc2c(c1)CN1CN2Cc2c1c1c(c3c2N2Cc4cc(OC)ccc4N(C3)C2)N2Cc3cc(OC)ccc3N(C1)C2. The molecule has 0 N–H and O–H groups in total. The molecule has 0 aliphatic carbocycles. The Morgan fingerprint density at radius 1 is 0.469 bits per heavy atom. The van der Waals surface area contributed by atoms with E-state index in [1.165, 1.54) is 81.4 Å². The van der Waals surface area contributed by atoms with Gasteiger partial charge in [-0.3, -0.25) is 0 Å². The largest absolute Gasteiger partial charge is 0.497 e. The Morgan fingerprint density at radius 2 is 0.755 bits per heavy atom. The van der Waals surface area contributed by atoms with Gasteiger partial charge < -0.3 is 48.4 Å². The lowest BCUT2D eigenvalue weighted by Crippen LogP contribution is -2.53. The van der Waals surface area contributed by atoms with Gasteiger partial charge in [-0.25, -0.2) is 0 Å². The van der Waals surface area contributed by atoms with Gasteiger partial charge in [-0.2, -0.15) is 0 Å². The average Bonchev–Trinajstić information content (AvgIpc) is 3.10. The van der Waals surface area contributed by atoms with E-state index in [0.29, 0.717) is 0 Å². The molecule has 6 aliphatic rings. The zero-order valence-corrected chi connectivity index (χ0v) is 28.9. The molecule has 10 nitrogen and oxygen atoms in total. The minimum atomic E-state index is 0.167. The fourth-order valence-corrected chi connectivity index (χ4v) is 8.89. The van der Waals surface area contributed by atoms with Crippen LogP contribution in [0.3, 0.4) is 0 Å². The van der Waals surface area contributed by atoms with Crippen LogP contribution in [0.15, 0.2) is 54.6 Å². The molecule has 49 heavy (non-hydrogen) atoms. The van der Waals surface area contributed by atoms with Crippen LogP contribution in [0.2, 0.25) is 0 Å². The molecular weight excluding hydrogens is 616 g/mol. The minimum Gasteiger partial charge on any atom is -0.497 e. The lowest BCUT2D eigenvalue weighted by atomic mass is 9.86. The molecular formula is C39H42N6O4. The Labute approximate surface area is 287 Å². The van der Waals surface area contributed by atoms with Crippen molar-refractivity contribution >= 4 is 39.9 Å². The maximum absolute atomic E-state index is 9.44. The number of rotatable bonds is 3. The molecule has 0 amide bonds. The quantitative estimate of drug-likeness (QED) is 0.254. The summed E-state index contributed by atoms with van der Waals surface area (Å²) in [7, 11) is 5.28. The van der Waals surface area contributed by atoms with E-state index in [0.717, 1.165) is 76.5 Å². The van der Waals surface area contributed by atoms with E-state index in [9.17, 15) is 4.79 Å². The van der Waals surface area contributed by atoms with Gasteiger partial charge in [0.15, 0.2) is 0 Å². The fourth-order valence-electron chi connectivity index (χ4n) is 8.89. The average molecular weight is 659 g/mol. The van der Waals surface area contributed by atoms with Crippen molar-refractivity contribution in [2.24, 2.45) is 0 Å². The maximum atomic E-state index is 9.44. The van der Waals surface area contributed by atoms with Crippen molar-refractivity contribution in [2.45, 2.75) is 53.1 Å². The van der Waals surface area contributed by atoms with Crippen LogP contribution in [0.5, 0.6) is 17.2 Å². The van der Waals surface area contributed by atoms with Crippen LogP contribution in [0.4, 0.5) is 34.1 Å². The fraction of sp³-hybridized carbons (Fsp3) is 0.359. The Morgan fingerprint density at radius 3 is 1.02 bits per heavy atom. The zero-order valence-electron chi connectivity index (χ0n) is 28.9. The molecule has 0 saturated carbocycles. The maximum Gasteiger partial charge on any atom is 0.126 e. The van der Waals surface area contributed by atoms with Crippen LogP contribution in [0, 0.1) is 0 Å². The topological polar surface area (TPSA) is 64.2 Å². The molecule has 6 bridgehead atoms. The lowest BCUT2D eigenvalue weighted by molar-refractivity contribution is -0.115. The van der Waals surface area contributed by atoms with E-state index < -0.39 is 0 Å². The van der Waals surface area contributed by atoms with Crippen molar-refractivity contribution in [1.29, 1.82) is 0 Å². The van der Waals surface area contributed by atoms with E-state index in [2.05, 4.69) is 84.0 Å². The van der Waals surface area contributed by atoms with Gasteiger partial charge in [0.1, 0.15) is 23.0 Å². The highest BCUT2D eigenvalue weighted by Crippen LogP contribution is 2.55. The number of benzene rings is 4. The monoisotopic (exact) mass is 658 g/mol. The Kier molecular flexibility index (Phi) is 6.79. The molecule has 0 saturated heterocycles. The molecule has 0 spiro atoms. The summed E-state index contributed by atoms with van der Waals surface area (Å²) in [6.07, 6.45) is 0. The van der Waals surface area contributed by atoms with Crippen molar-refractivity contribution in [3.8, 4) is 17.2 Å². The lowest BCUT2D eigenvalue weighted by Gasteiger charge is -2.54. The summed E-state index contributed by atoms with van der Waals surface area (Å²) in [5, 5.41) is 0. The van der Waals surface area contributed by atoms with E-state index in [1.807, 2.05) is 0 Å². The number of methoxy groups -OCH3 is 3. The van der Waals surface area contributed by atoms with Crippen molar-refractivity contribution in [3.05, 3.63) is 88.0 Å². The van der Waals surface area contributed by atoms with Gasteiger partial charge in [0.25, 0.3) is 0 Å². The van der Waals surface area contributed by atoms with Crippen LogP contribution in [-0.4, -0.2) is 47.1 Å². The summed E-state index contributed by atoms with van der Waals surface area (Å²) < 4.78 is 16.9. The molecule has 10 heteroatoms. The van der Waals surface area contributed by atoms with Gasteiger partial charge in [0.05, 0.1) is 58.4 Å².